The van der Waals surface area contributed by atoms with Crippen molar-refractivity contribution < 1.29 is 9.53 Å². The minimum Gasteiger partial charge on any atom is -0.489 e. The van der Waals surface area contributed by atoms with Crippen LogP contribution >= 0.6 is 0 Å². The third-order valence-corrected chi connectivity index (χ3v) is 4.74. The van der Waals surface area contributed by atoms with Crippen molar-refractivity contribution in [3.63, 3.8) is 0 Å². The van der Waals surface area contributed by atoms with Gasteiger partial charge in [-0.05, 0) is 55.0 Å². The molecule has 1 aliphatic carbocycles. The predicted octanol–water partition coefficient (Wildman–Crippen LogP) is 3.51. The lowest BCUT2D eigenvalue weighted by Crippen LogP contribution is -2.35. The summed E-state index contributed by atoms with van der Waals surface area (Å²) in [5.41, 5.74) is 7.78. The van der Waals surface area contributed by atoms with Crippen molar-refractivity contribution in [3.05, 3.63) is 65.7 Å². The van der Waals surface area contributed by atoms with Crippen LogP contribution in [0.2, 0.25) is 0 Å². The number of amides is 1. The molecule has 2 atom stereocenters. The molecule has 2 aromatic carbocycles. The van der Waals surface area contributed by atoms with E-state index in [-0.39, 0.29) is 11.9 Å². The summed E-state index contributed by atoms with van der Waals surface area (Å²) >= 11 is 0. The van der Waals surface area contributed by atoms with Crippen molar-refractivity contribution in [1.82, 2.24) is 5.32 Å². The van der Waals surface area contributed by atoms with E-state index in [0.717, 1.165) is 37.0 Å². The van der Waals surface area contributed by atoms with Crippen molar-refractivity contribution in [1.29, 1.82) is 0 Å². The van der Waals surface area contributed by atoms with Crippen LogP contribution in [-0.4, -0.2) is 18.5 Å². The third-order valence-electron chi connectivity index (χ3n) is 4.74. The Hall–Kier alpha value is -2.33. The Bertz CT molecular complexity index is 670. The molecule has 0 spiro atoms. The van der Waals surface area contributed by atoms with Gasteiger partial charge in [0, 0.05) is 18.2 Å². The molecule has 1 saturated carbocycles. The summed E-state index contributed by atoms with van der Waals surface area (Å²) in [7, 11) is 0. The average Bonchev–Trinajstić information content (AvgIpc) is 2.66. The van der Waals surface area contributed by atoms with Crippen molar-refractivity contribution in [2.24, 2.45) is 11.7 Å². The molecule has 2 unspecified atom stereocenters. The lowest BCUT2D eigenvalue weighted by Gasteiger charge is -2.26. The molecule has 4 nitrogen and oxygen atoms in total. The highest BCUT2D eigenvalue weighted by Gasteiger charge is 2.19. The van der Waals surface area contributed by atoms with Gasteiger partial charge in [0.05, 0.1) is 0 Å². The van der Waals surface area contributed by atoms with Gasteiger partial charge in [0.2, 0.25) is 0 Å². The van der Waals surface area contributed by atoms with Crippen LogP contribution in [0.3, 0.4) is 0 Å². The van der Waals surface area contributed by atoms with Gasteiger partial charge < -0.3 is 15.8 Å². The first-order valence-corrected chi connectivity index (χ1v) is 9.01. The summed E-state index contributed by atoms with van der Waals surface area (Å²) in [4.78, 5) is 12.3. The van der Waals surface area contributed by atoms with Crippen LogP contribution in [0.5, 0.6) is 5.75 Å². The lowest BCUT2D eigenvalue weighted by molar-refractivity contribution is 0.0942. The summed E-state index contributed by atoms with van der Waals surface area (Å²) in [6.45, 7) is 1.23. The Kier molecular flexibility index (Phi) is 6.07. The zero-order valence-electron chi connectivity index (χ0n) is 14.5. The quantitative estimate of drug-likeness (QED) is 0.847. The molecular weight excluding hydrogens is 312 g/mol. The predicted molar refractivity (Wildman–Crippen MR) is 99.5 cm³/mol. The number of rotatable bonds is 6. The number of hydrogen-bond donors (Lipinski definition) is 2. The van der Waals surface area contributed by atoms with E-state index in [1.165, 1.54) is 0 Å². The smallest absolute Gasteiger partial charge is 0.251 e. The standard InChI is InChI=1S/C21H26N2O2/c22-19-8-4-7-17(13-19)14-23-21(24)18-9-11-20(12-10-18)25-15-16-5-2-1-3-6-16/h1-3,5-6,9-12,17,19H,4,7-8,13-15,22H2,(H,23,24). The average molecular weight is 338 g/mol. The van der Waals surface area contributed by atoms with Crippen LogP contribution in [-0.2, 0) is 6.61 Å². The Labute approximate surface area is 149 Å². The van der Waals surface area contributed by atoms with Gasteiger partial charge >= 0.3 is 0 Å². The van der Waals surface area contributed by atoms with E-state index in [4.69, 9.17) is 10.5 Å². The molecule has 0 bridgehead atoms. The monoisotopic (exact) mass is 338 g/mol. The highest BCUT2D eigenvalue weighted by molar-refractivity contribution is 5.94. The summed E-state index contributed by atoms with van der Waals surface area (Å²) in [6.07, 6.45) is 4.43. The number of carbonyl (C=O) groups excluding carboxylic acids is 1. The molecule has 1 amide bonds. The molecule has 0 heterocycles. The second-order valence-corrected chi connectivity index (χ2v) is 6.80. The van der Waals surface area contributed by atoms with Crippen LogP contribution < -0.4 is 15.8 Å². The molecule has 1 aliphatic rings. The van der Waals surface area contributed by atoms with Gasteiger partial charge in [-0.3, -0.25) is 4.79 Å². The van der Waals surface area contributed by atoms with E-state index in [0.29, 0.717) is 24.6 Å². The number of nitrogens with one attached hydrogen (secondary N) is 1. The topological polar surface area (TPSA) is 64.3 Å². The summed E-state index contributed by atoms with van der Waals surface area (Å²) in [5, 5.41) is 3.03. The molecule has 0 aromatic heterocycles. The fourth-order valence-corrected chi connectivity index (χ4v) is 3.30. The zero-order valence-corrected chi connectivity index (χ0v) is 14.5. The second-order valence-electron chi connectivity index (χ2n) is 6.80. The second kappa shape index (κ2) is 8.67. The first kappa shape index (κ1) is 17.5. The van der Waals surface area contributed by atoms with Crippen LogP contribution in [0.1, 0.15) is 41.6 Å². The Morgan fingerprint density at radius 3 is 2.56 bits per heavy atom. The maximum absolute atomic E-state index is 12.3. The molecule has 132 valence electrons. The number of nitrogens with two attached hydrogens (primary N) is 1. The van der Waals surface area contributed by atoms with Gasteiger partial charge in [-0.1, -0.05) is 36.8 Å². The fraction of sp³-hybridized carbons (Fsp3) is 0.381. The molecule has 4 heteroatoms. The Morgan fingerprint density at radius 1 is 1.08 bits per heavy atom. The van der Waals surface area contributed by atoms with Gasteiger partial charge in [0.25, 0.3) is 5.91 Å². The van der Waals surface area contributed by atoms with Gasteiger partial charge in [0.1, 0.15) is 12.4 Å². The third kappa shape index (κ3) is 5.33. The first-order chi connectivity index (χ1) is 12.2. The van der Waals surface area contributed by atoms with E-state index in [9.17, 15) is 4.79 Å². The summed E-state index contributed by atoms with van der Waals surface area (Å²) < 4.78 is 5.75. The largest absolute Gasteiger partial charge is 0.489 e. The first-order valence-electron chi connectivity index (χ1n) is 9.01. The van der Waals surface area contributed by atoms with Crippen LogP contribution in [0, 0.1) is 5.92 Å². The van der Waals surface area contributed by atoms with Crippen LogP contribution in [0.15, 0.2) is 54.6 Å². The van der Waals surface area contributed by atoms with E-state index >= 15 is 0 Å². The van der Waals surface area contributed by atoms with Gasteiger partial charge in [-0.2, -0.15) is 0 Å². The van der Waals surface area contributed by atoms with Gasteiger partial charge in [0.15, 0.2) is 0 Å². The van der Waals surface area contributed by atoms with Crippen LogP contribution in [0.4, 0.5) is 0 Å². The van der Waals surface area contributed by atoms with E-state index in [1.54, 1.807) is 0 Å². The van der Waals surface area contributed by atoms with Gasteiger partial charge in [-0.25, -0.2) is 0 Å². The van der Waals surface area contributed by atoms with E-state index < -0.39 is 0 Å². The minimum atomic E-state index is -0.0336. The highest BCUT2D eigenvalue weighted by Crippen LogP contribution is 2.22. The number of hydrogen-bond acceptors (Lipinski definition) is 3. The summed E-state index contributed by atoms with van der Waals surface area (Å²) in [5.74, 6) is 1.23. The Morgan fingerprint density at radius 2 is 1.84 bits per heavy atom. The molecule has 0 saturated heterocycles. The normalized spacial score (nSPS) is 20.0. The molecule has 0 aliphatic heterocycles. The Balaban J connectivity index is 1.47. The fourth-order valence-electron chi connectivity index (χ4n) is 3.30. The maximum Gasteiger partial charge on any atom is 0.251 e. The lowest BCUT2D eigenvalue weighted by atomic mass is 9.86. The van der Waals surface area contributed by atoms with Crippen molar-refractivity contribution >= 4 is 5.91 Å². The number of carbonyl (C=O) groups is 1. The van der Waals surface area contributed by atoms with Crippen molar-refractivity contribution in [3.8, 4) is 5.75 Å². The molecule has 0 radical (unpaired) electrons. The van der Waals surface area contributed by atoms with Gasteiger partial charge in [-0.15, -0.1) is 0 Å². The molecule has 2 aromatic rings. The molecule has 1 fully saturated rings. The molecular formula is C21H26N2O2. The van der Waals surface area contributed by atoms with E-state index in [2.05, 4.69) is 5.32 Å². The van der Waals surface area contributed by atoms with Crippen molar-refractivity contribution in [2.75, 3.05) is 6.54 Å². The molecule has 3 N–H and O–H groups in total. The molecule has 25 heavy (non-hydrogen) atoms. The zero-order chi connectivity index (χ0) is 17.5. The van der Waals surface area contributed by atoms with Crippen LogP contribution in [0.25, 0.3) is 0 Å². The SMILES string of the molecule is NC1CCCC(CNC(=O)c2ccc(OCc3ccccc3)cc2)C1. The summed E-state index contributed by atoms with van der Waals surface area (Å²) in [6, 6.07) is 17.6. The number of ether oxygens (including phenoxy) is 1. The van der Waals surface area contributed by atoms with E-state index in [1.807, 2.05) is 54.6 Å². The number of benzene rings is 2. The maximum atomic E-state index is 12.3. The van der Waals surface area contributed by atoms with Crippen molar-refractivity contribution in [2.45, 2.75) is 38.3 Å². The minimum absolute atomic E-state index is 0.0336. The highest BCUT2D eigenvalue weighted by atomic mass is 16.5. The molecule has 3 rings (SSSR count).